The third-order valence-electron chi connectivity index (χ3n) is 2.86. The molecule has 20 heavy (non-hydrogen) atoms. The molecule has 5 nitrogen and oxygen atoms in total. The molecule has 0 spiro atoms. The summed E-state index contributed by atoms with van der Waals surface area (Å²) in [5, 5.41) is 2.64. The lowest BCUT2D eigenvalue weighted by atomic mass is 10.1. The molecule has 0 bridgehead atoms. The van der Waals surface area contributed by atoms with E-state index < -0.39 is 6.03 Å². The number of rotatable bonds is 12. The average Bonchev–Trinajstić information content (AvgIpc) is 2.39. The maximum absolute atomic E-state index is 11.1. The predicted octanol–water partition coefficient (Wildman–Crippen LogP) is 2.84. The summed E-state index contributed by atoms with van der Waals surface area (Å²) >= 11 is 1.95. The van der Waals surface area contributed by atoms with Gasteiger partial charge in [-0.3, -0.25) is 0 Å². The zero-order chi connectivity index (χ0) is 15.1. The smallest absolute Gasteiger partial charge is 0.344 e. The Kier molecular flexibility index (Phi) is 13.8. The molecule has 0 atom stereocenters. The van der Waals surface area contributed by atoms with Crippen molar-refractivity contribution in [2.24, 2.45) is 16.5 Å². The molecule has 118 valence electrons. The van der Waals surface area contributed by atoms with E-state index in [1.807, 2.05) is 11.8 Å². The third-order valence-corrected chi connectivity index (χ3v) is 4.02. The Morgan fingerprint density at radius 2 is 1.60 bits per heavy atom. The largest absolute Gasteiger partial charge is 0.370 e. The zero-order valence-corrected chi connectivity index (χ0v) is 13.5. The van der Waals surface area contributed by atoms with E-state index in [1.165, 1.54) is 50.7 Å². The Morgan fingerprint density at radius 3 is 2.25 bits per heavy atom. The number of thioether (sulfide) groups is 1. The Balaban J connectivity index is 3.13. The van der Waals surface area contributed by atoms with Crippen LogP contribution in [0.3, 0.4) is 0 Å². The first-order chi connectivity index (χ1) is 9.66. The molecule has 0 saturated carbocycles. The highest BCUT2D eigenvalue weighted by Gasteiger charge is 1.97. The number of nitrogens with zero attached hydrogens (tertiary/aromatic N) is 1. The highest BCUT2D eigenvalue weighted by molar-refractivity contribution is 7.99. The van der Waals surface area contributed by atoms with Crippen LogP contribution in [0.2, 0.25) is 0 Å². The van der Waals surface area contributed by atoms with E-state index in [1.54, 1.807) is 0 Å². The lowest BCUT2D eigenvalue weighted by molar-refractivity contribution is 0.249. The van der Waals surface area contributed by atoms with Crippen LogP contribution in [0.25, 0.3) is 0 Å². The van der Waals surface area contributed by atoms with Crippen molar-refractivity contribution in [3.63, 3.8) is 0 Å². The fourth-order valence-electron chi connectivity index (χ4n) is 1.79. The topological polar surface area (TPSA) is 93.5 Å². The second-order valence-electron chi connectivity index (χ2n) is 4.86. The predicted molar refractivity (Wildman–Crippen MR) is 89.1 cm³/mol. The molecule has 0 aliphatic heterocycles. The number of amides is 2. The van der Waals surface area contributed by atoms with Crippen molar-refractivity contribution in [1.82, 2.24) is 5.32 Å². The van der Waals surface area contributed by atoms with Crippen molar-refractivity contribution in [3.8, 4) is 0 Å². The van der Waals surface area contributed by atoms with E-state index in [0.717, 1.165) is 12.2 Å². The summed E-state index contributed by atoms with van der Waals surface area (Å²) in [5.74, 6) is 2.09. The second-order valence-corrected chi connectivity index (χ2v) is 6.08. The van der Waals surface area contributed by atoms with Crippen molar-refractivity contribution in [2.45, 2.75) is 58.3 Å². The molecule has 0 aromatic heterocycles. The summed E-state index contributed by atoms with van der Waals surface area (Å²) in [7, 11) is 0. The molecule has 0 fully saturated rings. The Hall–Kier alpha value is -0.910. The Labute approximate surface area is 127 Å². The van der Waals surface area contributed by atoms with Crippen molar-refractivity contribution in [2.75, 3.05) is 18.1 Å². The van der Waals surface area contributed by atoms with Gasteiger partial charge in [0.2, 0.25) is 0 Å². The van der Waals surface area contributed by atoms with Gasteiger partial charge in [-0.25, -0.2) is 4.79 Å². The summed E-state index contributed by atoms with van der Waals surface area (Å²) in [6.45, 7) is 2.87. The van der Waals surface area contributed by atoms with Crippen LogP contribution in [-0.4, -0.2) is 30.0 Å². The van der Waals surface area contributed by atoms with Crippen molar-refractivity contribution in [3.05, 3.63) is 0 Å². The van der Waals surface area contributed by atoms with Crippen molar-refractivity contribution >= 4 is 23.8 Å². The van der Waals surface area contributed by atoms with Gasteiger partial charge in [-0.15, -0.1) is 0 Å². The molecule has 0 aromatic rings. The number of guanidine groups is 1. The van der Waals surface area contributed by atoms with E-state index >= 15 is 0 Å². The first-order valence-electron chi connectivity index (χ1n) is 7.62. The van der Waals surface area contributed by atoms with Crippen molar-refractivity contribution in [1.29, 1.82) is 0 Å². The minimum atomic E-state index is -0.456. The quantitative estimate of drug-likeness (QED) is 0.293. The first-order valence-corrected chi connectivity index (χ1v) is 8.77. The SMILES string of the molecule is CCCCCCCCCSCCCNC(=O)N=C(N)N. The maximum atomic E-state index is 11.1. The molecule has 0 saturated heterocycles. The number of aliphatic imine (C=N–C) groups is 1. The molecule has 6 heteroatoms. The number of carbonyl (C=O) groups is 1. The Morgan fingerprint density at radius 1 is 1.00 bits per heavy atom. The van der Waals surface area contributed by atoms with Gasteiger partial charge >= 0.3 is 6.03 Å². The van der Waals surface area contributed by atoms with Crippen LogP contribution in [0.4, 0.5) is 4.79 Å². The standard InChI is InChI=1S/C14H30N4OS/c1-2-3-4-5-6-7-8-11-20-12-9-10-17-14(19)18-13(15)16/h2-12H2,1H3,(H5,15,16,17,18,19). The van der Waals surface area contributed by atoms with Gasteiger partial charge in [0.1, 0.15) is 0 Å². The van der Waals surface area contributed by atoms with Gasteiger partial charge in [0.15, 0.2) is 5.96 Å². The summed E-state index contributed by atoms with van der Waals surface area (Å²) in [5.41, 5.74) is 10.2. The second kappa shape index (κ2) is 14.5. The number of carbonyl (C=O) groups excluding carboxylic acids is 1. The molecule has 2 amide bonds. The fraction of sp³-hybridized carbons (Fsp3) is 0.857. The Bertz CT molecular complexity index is 268. The van der Waals surface area contributed by atoms with E-state index in [9.17, 15) is 4.79 Å². The lowest BCUT2D eigenvalue weighted by Gasteiger charge is -2.03. The summed E-state index contributed by atoms with van der Waals surface area (Å²) in [6.07, 6.45) is 10.4. The van der Waals surface area contributed by atoms with E-state index in [4.69, 9.17) is 11.5 Å². The van der Waals surface area contributed by atoms with Gasteiger partial charge in [0.25, 0.3) is 0 Å². The van der Waals surface area contributed by atoms with Crippen molar-refractivity contribution < 1.29 is 4.79 Å². The molecule has 0 heterocycles. The molecule has 0 rings (SSSR count). The summed E-state index contributed by atoms with van der Waals surface area (Å²) < 4.78 is 0. The van der Waals surface area contributed by atoms with E-state index in [0.29, 0.717) is 6.54 Å². The number of unbranched alkanes of at least 4 members (excludes halogenated alkanes) is 6. The third kappa shape index (κ3) is 15.1. The minimum Gasteiger partial charge on any atom is -0.370 e. The van der Waals surface area contributed by atoms with Crippen LogP contribution in [0, 0.1) is 0 Å². The minimum absolute atomic E-state index is 0.198. The van der Waals surface area contributed by atoms with Gasteiger partial charge < -0.3 is 16.8 Å². The number of hydrogen-bond acceptors (Lipinski definition) is 2. The molecule has 0 aromatic carbocycles. The van der Waals surface area contributed by atoms with Gasteiger partial charge in [0.05, 0.1) is 0 Å². The molecule has 5 N–H and O–H groups in total. The van der Waals surface area contributed by atoms with Crippen LogP contribution in [0.5, 0.6) is 0 Å². The number of urea groups is 1. The molecule has 0 radical (unpaired) electrons. The van der Waals surface area contributed by atoms with Gasteiger partial charge in [-0.2, -0.15) is 16.8 Å². The molecule has 0 aliphatic carbocycles. The number of hydrogen-bond donors (Lipinski definition) is 3. The highest BCUT2D eigenvalue weighted by Crippen LogP contribution is 2.10. The van der Waals surface area contributed by atoms with E-state index in [2.05, 4.69) is 17.2 Å². The summed E-state index contributed by atoms with van der Waals surface area (Å²) in [6, 6.07) is -0.456. The van der Waals surface area contributed by atoms with Crippen LogP contribution in [-0.2, 0) is 0 Å². The molecular formula is C14H30N4OS. The number of nitrogens with two attached hydrogens (primary N) is 2. The monoisotopic (exact) mass is 302 g/mol. The fourth-order valence-corrected chi connectivity index (χ4v) is 2.75. The average molecular weight is 302 g/mol. The molecule has 0 aliphatic rings. The maximum Gasteiger partial charge on any atom is 0.344 e. The van der Waals surface area contributed by atoms with Gasteiger partial charge in [0, 0.05) is 6.54 Å². The molecular weight excluding hydrogens is 272 g/mol. The van der Waals surface area contributed by atoms with Gasteiger partial charge in [-0.1, -0.05) is 45.4 Å². The normalized spacial score (nSPS) is 10.2. The van der Waals surface area contributed by atoms with Crippen LogP contribution < -0.4 is 16.8 Å². The first kappa shape index (κ1) is 19.1. The van der Waals surface area contributed by atoms with Crippen LogP contribution in [0.1, 0.15) is 58.3 Å². The van der Waals surface area contributed by atoms with Gasteiger partial charge in [-0.05, 0) is 24.3 Å². The van der Waals surface area contributed by atoms with Crippen LogP contribution >= 0.6 is 11.8 Å². The van der Waals surface area contributed by atoms with Crippen LogP contribution in [0.15, 0.2) is 4.99 Å². The zero-order valence-electron chi connectivity index (χ0n) is 12.7. The summed E-state index contributed by atoms with van der Waals surface area (Å²) in [4.78, 5) is 14.5. The lowest BCUT2D eigenvalue weighted by Crippen LogP contribution is -2.29. The number of nitrogens with one attached hydrogen (secondary N) is 1. The molecule has 0 unspecified atom stereocenters. The van der Waals surface area contributed by atoms with E-state index in [-0.39, 0.29) is 5.96 Å². The highest BCUT2D eigenvalue weighted by atomic mass is 32.2.